The van der Waals surface area contributed by atoms with E-state index < -0.39 is 29.7 Å². The van der Waals surface area contributed by atoms with Crippen LogP contribution in [0.4, 0.5) is 4.39 Å². The Bertz CT molecular complexity index is 2490. The van der Waals surface area contributed by atoms with Crippen molar-refractivity contribution in [2.45, 2.75) is 64.7 Å². The van der Waals surface area contributed by atoms with Gasteiger partial charge >= 0.3 is 23.9 Å². The molecule has 0 saturated heterocycles. The highest BCUT2D eigenvalue weighted by Crippen LogP contribution is 2.25. The summed E-state index contributed by atoms with van der Waals surface area (Å²) in [6.45, 7) is 2.24. The highest BCUT2D eigenvalue weighted by molar-refractivity contribution is 5.95. The largest absolute Gasteiger partial charge is 0.423 e. The van der Waals surface area contributed by atoms with E-state index in [4.69, 9.17) is 24.2 Å². The molecule has 0 N–H and O–H groups in total. The molecule has 0 aliphatic rings. The second kappa shape index (κ2) is 21.6. The van der Waals surface area contributed by atoms with Crippen LogP contribution in [0.1, 0.15) is 111 Å². The van der Waals surface area contributed by atoms with Gasteiger partial charge < -0.3 is 18.9 Å². The van der Waals surface area contributed by atoms with Crippen molar-refractivity contribution in [3.8, 4) is 40.2 Å². The van der Waals surface area contributed by atoms with Crippen LogP contribution in [0.3, 0.4) is 0 Å². The van der Waals surface area contributed by atoms with Gasteiger partial charge in [0.1, 0.15) is 17.2 Å². The zero-order valence-electron chi connectivity index (χ0n) is 33.7. The van der Waals surface area contributed by atoms with Gasteiger partial charge in [0.15, 0.2) is 11.6 Å². The fourth-order valence-electron chi connectivity index (χ4n) is 6.44. The zero-order valence-corrected chi connectivity index (χ0v) is 33.7. The van der Waals surface area contributed by atoms with Crippen LogP contribution in [0.25, 0.3) is 11.1 Å². The van der Waals surface area contributed by atoms with Gasteiger partial charge in [-0.1, -0.05) is 94.3 Å². The fourth-order valence-corrected chi connectivity index (χ4v) is 6.44. The van der Waals surface area contributed by atoms with Gasteiger partial charge in [0.2, 0.25) is 0 Å². The fraction of sp³-hybridized carbons (Fsp3) is 0.196. The number of aryl methyl sites for hydroxylation is 1. The van der Waals surface area contributed by atoms with Gasteiger partial charge in [-0.3, -0.25) is 0 Å². The Labute approximate surface area is 354 Å². The van der Waals surface area contributed by atoms with E-state index in [1.165, 1.54) is 142 Å². The number of halogens is 1. The van der Waals surface area contributed by atoms with Gasteiger partial charge in [0, 0.05) is 0 Å². The monoisotopic (exact) mass is 817 g/mol. The number of nitrogens with zero attached hydrogens (tertiary/aromatic N) is 1. The molecule has 0 aromatic heterocycles. The third-order valence-corrected chi connectivity index (χ3v) is 9.87. The van der Waals surface area contributed by atoms with E-state index in [1.54, 1.807) is 12.1 Å². The van der Waals surface area contributed by atoms with Crippen LogP contribution < -0.4 is 18.9 Å². The molecule has 0 aliphatic heterocycles. The van der Waals surface area contributed by atoms with E-state index in [-0.39, 0.29) is 45.3 Å². The minimum Gasteiger partial charge on any atom is -0.423 e. The van der Waals surface area contributed by atoms with Crippen molar-refractivity contribution in [1.29, 1.82) is 5.26 Å². The average Bonchev–Trinajstić information content (AvgIpc) is 3.28. The molecule has 6 rings (SSSR count). The number of nitriles is 1. The van der Waals surface area contributed by atoms with E-state index in [9.17, 15) is 19.2 Å². The summed E-state index contributed by atoms with van der Waals surface area (Å²) in [5.41, 5.74) is 4.01. The topological polar surface area (TPSA) is 129 Å². The highest BCUT2D eigenvalue weighted by Gasteiger charge is 2.18. The first-order valence-electron chi connectivity index (χ1n) is 20.3. The van der Waals surface area contributed by atoms with Gasteiger partial charge in [-0.15, -0.1) is 0 Å². The maximum absolute atomic E-state index is 15.1. The van der Waals surface area contributed by atoms with Gasteiger partial charge in [0.25, 0.3) is 0 Å². The first-order valence-corrected chi connectivity index (χ1v) is 20.3. The van der Waals surface area contributed by atoms with Crippen molar-refractivity contribution in [2.75, 3.05) is 0 Å². The van der Waals surface area contributed by atoms with E-state index in [1.807, 2.05) is 18.2 Å². The summed E-state index contributed by atoms with van der Waals surface area (Å²) < 4.78 is 36.5. The molecule has 0 amide bonds. The lowest BCUT2D eigenvalue weighted by Crippen LogP contribution is -2.13. The molecule has 308 valence electrons. The first kappa shape index (κ1) is 43.2. The minimum absolute atomic E-state index is 0.00514. The van der Waals surface area contributed by atoms with E-state index in [0.717, 1.165) is 23.6 Å². The van der Waals surface area contributed by atoms with Crippen molar-refractivity contribution in [3.05, 3.63) is 179 Å². The lowest BCUT2D eigenvalue weighted by atomic mass is 10.00. The Morgan fingerprint density at radius 3 is 1.56 bits per heavy atom. The second-order valence-corrected chi connectivity index (χ2v) is 14.4. The van der Waals surface area contributed by atoms with Gasteiger partial charge in [-0.05, 0) is 127 Å². The van der Waals surface area contributed by atoms with Crippen molar-refractivity contribution in [2.24, 2.45) is 0 Å². The molecular formula is C51H44FNO8. The minimum atomic E-state index is -0.947. The predicted molar refractivity (Wildman–Crippen MR) is 228 cm³/mol. The second-order valence-electron chi connectivity index (χ2n) is 14.4. The van der Waals surface area contributed by atoms with Gasteiger partial charge in [0.05, 0.1) is 33.9 Å². The zero-order chi connectivity index (χ0) is 43.0. The summed E-state index contributed by atoms with van der Waals surface area (Å²) in [5.74, 6) is -4.00. The van der Waals surface area contributed by atoms with E-state index in [0.29, 0.717) is 5.56 Å². The van der Waals surface area contributed by atoms with Crippen LogP contribution in [-0.2, 0) is 6.42 Å². The normalized spacial score (nSPS) is 10.6. The lowest BCUT2D eigenvalue weighted by Gasteiger charge is -2.10. The predicted octanol–water partition coefficient (Wildman–Crippen LogP) is 11.9. The number of carbonyl (C=O) groups is 4. The summed E-state index contributed by atoms with van der Waals surface area (Å²) in [6.07, 6.45) is 11.4. The maximum atomic E-state index is 15.1. The number of hydrogen-bond acceptors (Lipinski definition) is 9. The van der Waals surface area contributed by atoms with E-state index in [2.05, 4.69) is 31.2 Å². The first-order chi connectivity index (χ1) is 29.7. The number of carbonyl (C=O) groups excluding carboxylic acids is 4. The SMILES string of the molecule is CCCCCCCCCCc1ccc(-c2ccc(C(=O)Oc3ccc(C(=O)Oc4cccc(C(=O)Oc5ccc(C(=O)Oc6ccc(C#N)cc6)cc5)c4)cc3F)cc2)cc1. The molecule has 0 unspecified atom stereocenters. The van der Waals surface area contributed by atoms with Crippen molar-refractivity contribution < 1.29 is 42.5 Å². The van der Waals surface area contributed by atoms with E-state index >= 15 is 4.39 Å². The Morgan fingerprint density at radius 1 is 0.492 bits per heavy atom. The van der Waals surface area contributed by atoms with Crippen LogP contribution in [0, 0.1) is 17.1 Å². The quantitative estimate of drug-likeness (QED) is 0.0473. The van der Waals surface area contributed by atoms with Crippen molar-refractivity contribution in [3.63, 3.8) is 0 Å². The lowest BCUT2D eigenvalue weighted by molar-refractivity contribution is 0.0711. The molecule has 10 heteroatoms. The molecule has 0 radical (unpaired) electrons. The Morgan fingerprint density at radius 2 is 0.967 bits per heavy atom. The molecular weight excluding hydrogens is 774 g/mol. The Kier molecular flexibility index (Phi) is 15.3. The number of unbranched alkanes of at least 4 members (excludes halogenated alkanes) is 7. The maximum Gasteiger partial charge on any atom is 0.343 e. The summed E-state index contributed by atoms with van der Waals surface area (Å²) in [4.78, 5) is 51.3. The summed E-state index contributed by atoms with van der Waals surface area (Å²) in [6, 6.07) is 38.0. The molecule has 0 spiro atoms. The Balaban J connectivity index is 0.967. The number of ether oxygens (including phenoxy) is 4. The average molecular weight is 818 g/mol. The van der Waals surface area contributed by atoms with Crippen LogP contribution in [0.15, 0.2) is 140 Å². The summed E-state index contributed by atoms with van der Waals surface area (Å²) >= 11 is 0. The standard InChI is InChI=1S/C51H44FNO8/c1-2-3-4-5-6-7-8-9-11-35-14-18-37(19-15-35)38-20-22-39(23-21-38)49(55)61-47-31-26-42(33-46(47)52)51(57)60-45-13-10-12-41(32-45)50(56)59-44-29-24-40(25-30-44)48(54)58-43-27-16-36(34-53)17-28-43/h10,12-33H,2-9,11H2,1H3. The molecule has 0 atom stereocenters. The molecule has 6 aromatic carbocycles. The molecule has 0 fully saturated rings. The highest BCUT2D eigenvalue weighted by atomic mass is 19.1. The van der Waals surface area contributed by atoms with Crippen LogP contribution in [0.2, 0.25) is 0 Å². The molecule has 6 aromatic rings. The number of benzene rings is 6. The van der Waals surface area contributed by atoms with Gasteiger partial charge in [-0.2, -0.15) is 5.26 Å². The van der Waals surface area contributed by atoms with Gasteiger partial charge in [-0.25, -0.2) is 23.6 Å². The number of esters is 4. The number of hydrogen-bond donors (Lipinski definition) is 0. The smallest absolute Gasteiger partial charge is 0.343 e. The third kappa shape index (κ3) is 12.6. The van der Waals surface area contributed by atoms with Crippen LogP contribution in [0.5, 0.6) is 23.0 Å². The molecule has 0 aliphatic carbocycles. The van der Waals surface area contributed by atoms with Crippen molar-refractivity contribution in [1.82, 2.24) is 0 Å². The molecule has 9 nitrogen and oxygen atoms in total. The van der Waals surface area contributed by atoms with Crippen LogP contribution >= 0.6 is 0 Å². The molecule has 0 bridgehead atoms. The molecule has 0 saturated carbocycles. The molecule has 61 heavy (non-hydrogen) atoms. The number of rotatable bonds is 18. The summed E-state index contributed by atoms with van der Waals surface area (Å²) in [5, 5.41) is 8.92. The summed E-state index contributed by atoms with van der Waals surface area (Å²) in [7, 11) is 0. The van der Waals surface area contributed by atoms with Crippen molar-refractivity contribution >= 4 is 23.9 Å². The van der Waals surface area contributed by atoms with Crippen LogP contribution in [-0.4, -0.2) is 23.9 Å². The third-order valence-electron chi connectivity index (χ3n) is 9.87. The Hall–Kier alpha value is -7.38. The molecule has 0 heterocycles.